The van der Waals surface area contributed by atoms with Crippen LogP contribution in [0.1, 0.15) is 10.4 Å². The third-order valence-electron chi connectivity index (χ3n) is 2.35. The summed E-state index contributed by atoms with van der Waals surface area (Å²) in [5, 5.41) is 2.88. The Hall–Kier alpha value is -1.28. The Kier molecular flexibility index (Phi) is 1.89. The first-order valence-electron chi connectivity index (χ1n) is 4.26. The van der Waals surface area contributed by atoms with Gasteiger partial charge in [0.1, 0.15) is 0 Å². The summed E-state index contributed by atoms with van der Waals surface area (Å²) in [5.74, 6) is -0.190. The monoisotopic (exact) mass is 210 g/mol. The van der Waals surface area contributed by atoms with E-state index in [0.29, 0.717) is 11.3 Å². The summed E-state index contributed by atoms with van der Waals surface area (Å²) in [4.78, 5) is 11.7. The maximum atomic E-state index is 11.9. The van der Waals surface area contributed by atoms with Gasteiger partial charge in [-0.05, 0) is 12.1 Å². The molecule has 5 heteroatoms. The average molecular weight is 210 g/mol. The number of amides is 1. The molecule has 0 bridgehead atoms. The molecule has 1 unspecified atom stereocenters. The van der Waals surface area contributed by atoms with E-state index in [-0.39, 0.29) is 5.91 Å². The van der Waals surface area contributed by atoms with Crippen molar-refractivity contribution in [2.75, 3.05) is 18.8 Å². The predicted octanol–water partition coefficient (Wildman–Crippen LogP) is 2.01. The van der Waals surface area contributed by atoms with Crippen molar-refractivity contribution in [3.8, 4) is 0 Å². The Balaban J connectivity index is 2.59. The van der Waals surface area contributed by atoms with Crippen LogP contribution in [0.25, 0.3) is 0 Å². The van der Waals surface area contributed by atoms with Crippen LogP contribution in [0.2, 0.25) is 0 Å². The third kappa shape index (κ3) is 1.23. The van der Waals surface area contributed by atoms with Gasteiger partial charge < -0.3 is 5.09 Å². The fourth-order valence-corrected chi connectivity index (χ4v) is 2.66. The van der Waals surface area contributed by atoms with E-state index in [9.17, 15) is 9.36 Å². The molecule has 0 aromatic heterocycles. The molecule has 0 radical (unpaired) electrons. The normalized spacial score (nSPS) is 25.6. The molecule has 1 aliphatic heterocycles. The van der Waals surface area contributed by atoms with Crippen molar-refractivity contribution < 1.29 is 9.36 Å². The number of hydrogen-bond acceptors (Lipinski definition) is 2. The third-order valence-corrected chi connectivity index (χ3v) is 4.33. The topological polar surface area (TPSA) is 49.4 Å². The summed E-state index contributed by atoms with van der Waals surface area (Å²) in [6.45, 7) is 1.54. The minimum atomic E-state index is -2.73. The number of carbonyl (C=O) groups excluding carboxylic acids is 1. The molecule has 1 aromatic rings. The number of para-hydroxylation sites is 1. The second-order valence-electron chi connectivity index (χ2n) is 3.37. The predicted molar refractivity (Wildman–Crippen MR) is 55.7 cm³/mol. The number of hydrogen-bond donors (Lipinski definition) is 1. The smallest absolute Gasteiger partial charge is 0.262 e. The number of fused-ring (bicyclic) bond motifs is 1. The molecule has 1 aromatic carbocycles. The molecule has 1 N–H and O–H groups in total. The van der Waals surface area contributed by atoms with Crippen LogP contribution in [0.5, 0.6) is 0 Å². The van der Waals surface area contributed by atoms with E-state index in [2.05, 4.69) is 5.09 Å². The Morgan fingerprint density at radius 1 is 1.36 bits per heavy atom. The summed E-state index contributed by atoms with van der Waals surface area (Å²) >= 11 is 0. The lowest BCUT2D eigenvalue weighted by atomic mass is 10.2. The lowest BCUT2D eigenvalue weighted by molar-refractivity contribution is 0.0880. The fourth-order valence-electron chi connectivity index (χ4n) is 1.41. The Bertz CT molecular complexity index is 444. The highest BCUT2D eigenvalue weighted by Crippen LogP contribution is 2.49. The van der Waals surface area contributed by atoms with Gasteiger partial charge in [-0.2, -0.15) is 0 Å². The Labute approximate surface area is 82.4 Å². The van der Waals surface area contributed by atoms with Crippen LogP contribution in [0.15, 0.2) is 24.3 Å². The Morgan fingerprint density at radius 2 is 2.00 bits per heavy atom. The van der Waals surface area contributed by atoms with Gasteiger partial charge >= 0.3 is 0 Å². The zero-order valence-corrected chi connectivity index (χ0v) is 8.91. The van der Waals surface area contributed by atoms with E-state index >= 15 is 0 Å². The number of anilines is 1. The fraction of sp³-hybridized carbons (Fsp3) is 0.222. The van der Waals surface area contributed by atoms with Gasteiger partial charge in [0.25, 0.3) is 13.4 Å². The average Bonchev–Trinajstić information content (AvgIpc) is 2.14. The van der Waals surface area contributed by atoms with Crippen LogP contribution in [-0.4, -0.2) is 24.3 Å². The van der Waals surface area contributed by atoms with Crippen LogP contribution < -0.4 is 5.09 Å². The minimum absolute atomic E-state index is 0.190. The summed E-state index contributed by atoms with van der Waals surface area (Å²) in [5.41, 5.74) is 1.23. The van der Waals surface area contributed by atoms with Crippen LogP contribution in [-0.2, 0) is 4.57 Å². The highest BCUT2D eigenvalue weighted by atomic mass is 31.2. The zero-order chi connectivity index (χ0) is 10.3. The zero-order valence-electron chi connectivity index (χ0n) is 8.02. The van der Waals surface area contributed by atoms with Gasteiger partial charge in [-0.1, -0.05) is 12.1 Å². The van der Waals surface area contributed by atoms with Gasteiger partial charge in [0, 0.05) is 13.7 Å². The van der Waals surface area contributed by atoms with Gasteiger partial charge in [0.2, 0.25) is 0 Å². The van der Waals surface area contributed by atoms with Crippen LogP contribution in [0.3, 0.4) is 0 Å². The maximum Gasteiger partial charge on any atom is 0.262 e. The molecular weight excluding hydrogens is 199 g/mol. The molecule has 0 saturated heterocycles. The summed E-state index contributed by atoms with van der Waals surface area (Å²) in [6.07, 6.45) is 0. The van der Waals surface area contributed by atoms with Gasteiger partial charge in [0.15, 0.2) is 0 Å². The molecule has 0 spiro atoms. The van der Waals surface area contributed by atoms with Gasteiger partial charge in [-0.15, -0.1) is 0 Å². The minimum Gasteiger partial charge on any atom is -0.320 e. The SMILES string of the molecule is CN1C(=O)c2ccccc2NP1(C)=O. The van der Waals surface area contributed by atoms with Crippen molar-refractivity contribution in [1.82, 2.24) is 4.67 Å². The first kappa shape index (κ1) is 9.28. The molecule has 1 aliphatic rings. The van der Waals surface area contributed by atoms with E-state index in [4.69, 9.17) is 0 Å². The first-order valence-corrected chi connectivity index (χ1v) is 6.36. The maximum absolute atomic E-state index is 11.9. The molecule has 14 heavy (non-hydrogen) atoms. The van der Waals surface area contributed by atoms with Gasteiger partial charge in [-0.25, -0.2) is 0 Å². The van der Waals surface area contributed by atoms with E-state index in [0.717, 1.165) is 0 Å². The van der Waals surface area contributed by atoms with Crippen molar-refractivity contribution in [2.45, 2.75) is 0 Å². The summed E-state index contributed by atoms with van der Waals surface area (Å²) in [6, 6.07) is 7.08. The molecule has 2 rings (SSSR count). The van der Waals surface area contributed by atoms with Gasteiger partial charge in [0.05, 0.1) is 11.3 Å². The lowest BCUT2D eigenvalue weighted by Gasteiger charge is -2.32. The van der Waals surface area contributed by atoms with Crippen LogP contribution >= 0.6 is 7.44 Å². The van der Waals surface area contributed by atoms with Crippen LogP contribution in [0.4, 0.5) is 5.69 Å². The van der Waals surface area contributed by atoms with E-state index < -0.39 is 7.44 Å². The highest BCUT2D eigenvalue weighted by molar-refractivity contribution is 7.63. The molecule has 0 fully saturated rings. The number of nitrogens with one attached hydrogen (secondary N) is 1. The molecule has 1 amide bonds. The molecule has 74 valence electrons. The van der Waals surface area contributed by atoms with Gasteiger partial charge in [-0.3, -0.25) is 14.0 Å². The standard InChI is InChI=1S/C9H11N2O2P/c1-11-9(12)7-5-3-4-6-8(7)10-14(11,2)13/h3-6H,1-2H3,(H,10,13). The number of rotatable bonds is 0. The van der Waals surface area contributed by atoms with Crippen molar-refractivity contribution in [3.05, 3.63) is 29.8 Å². The van der Waals surface area contributed by atoms with E-state index in [1.807, 2.05) is 6.07 Å². The summed E-state index contributed by atoms with van der Waals surface area (Å²) in [7, 11) is -1.18. The number of benzene rings is 1. The van der Waals surface area contributed by atoms with Crippen LogP contribution in [0, 0.1) is 0 Å². The molecule has 4 nitrogen and oxygen atoms in total. The number of nitrogens with zero attached hydrogens (tertiary/aromatic N) is 1. The quantitative estimate of drug-likeness (QED) is 0.666. The molecular formula is C9H11N2O2P. The second-order valence-corrected chi connectivity index (χ2v) is 5.95. The largest absolute Gasteiger partial charge is 0.320 e. The molecule has 0 aliphatic carbocycles. The Morgan fingerprint density at radius 3 is 2.71 bits per heavy atom. The van der Waals surface area contributed by atoms with E-state index in [1.165, 1.54) is 4.67 Å². The number of carbonyl (C=O) groups is 1. The van der Waals surface area contributed by atoms with Crippen molar-refractivity contribution in [2.24, 2.45) is 0 Å². The summed E-state index contributed by atoms with van der Waals surface area (Å²) < 4.78 is 13.2. The van der Waals surface area contributed by atoms with Crippen molar-refractivity contribution >= 4 is 19.0 Å². The molecule has 1 atom stereocenters. The first-order chi connectivity index (χ1) is 6.52. The van der Waals surface area contributed by atoms with Crippen molar-refractivity contribution in [1.29, 1.82) is 0 Å². The lowest BCUT2D eigenvalue weighted by Crippen LogP contribution is -2.31. The second kappa shape index (κ2) is 2.85. The highest BCUT2D eigenvalue weighted by Gasteiger charge is 2.33. The van der Waals surface area contributed by atoms with Crippen molar-refractivity contribution in [3.63, 3.8) is 0 Å². The molecule has 1 heterocycles. The molecule has 0 saturated carbocycles. The van der Waals surface area contributed by atoms with E-state index in [1.54, 1.807) is 31.9 Å².